The third kappa shape index (κ3) is 4.57. The molecular weight excluding hydrogens is 302 g/mol. The van der Waals surface area contributed by atoms with Gasteiger partial charge in [-0.1, -0.05) is 19.3 Å². The first-order chi connectivity index (χ1) is 11.7. The van der Waals surface area contributed by atoms with Gasteiger partial charge in [0.25, 0.3) is 5.91 Å². The van der Waals surface area contributed by atoms with Gasteiger partial charge in [-0.25, -0.2) is 0 Å². The number of hydrogen-bond acceptors (Lipinski definition) is 3. The van der Waals surface area contributed by atoms with Gasteiger partial charge in [-0.05, 0) is 63.0 Å². The highest BCUT2D eigenvalue weighted by atomic mass is 16.2. The Labute approximate surface area is 143 Å². The van der Waals surface area contributed by atoms with Crippen LogP contribution in [0.1, 0.15) is 55.3 Å². The van der Waals surface area contributed by atoms with Crippen LogP contribution < -0.4 is 16.0 Å². The normalized spacial score (nSPS) is 19.7. The Balaban J connectivity index is 1.52. The lowest BCUT2D eigenvalue weighted by molar-refractivity contribution is -0.120. The second kappa shape index (κ2) is 8.29. The van der Waals surface area contributed by atoms with Crippen molar-refractivity contribution < 1.29 is 9.59 Å². The van der Waals surface area contributed by atoms with Crippen LogP contribution >= 0.6 is 0 Å². The molecule has 2 fully saturated rings. The number of nitrogens with one attached hydrogen (secondary N) is 3. The molecule has 2 amide bonds. The van der Waals surface area contributed by atoms with Crippen molar-refractivity contribution in [3.05, 3.63) is 29.8 Å². The Bertz CT molecular complexity index is 558. The molecular formula is C19H27N3O2. The van der Waals surface area contributed by atoms with Crippen LogP contribution in [0.25, 0.3) is 0 Å². The number of anilines is 1. The van der Waals surface area contributed by atoms with Crippen LogP contribution in [0.4, 0.5) is 5.69 Å². The molecule has 130 valence electrons. The summed E-state index contributed by atoms with van der Waals surface area (Å²) >= 11 is 0. The van der Waals surface area contributed by atoms with Crippen molar-refractivity contribution in [3.63, 3.8) is 0 Å². The first kappa shape index (κ1) is 17.0. The zero-order chi connectivity index (χ0) is 16.8. The third-order valence-electron chi connectivity index (χ3n) is 5.06. The molecule has 1 heterocycles. The summed E-state index contributed by atoms with van der Waals surface area (Å²) in [4.78, 5) is 24.5. The number of carbonyl (C=O) groups is 2. The molecule has 0 bridgehead atoms. The van der Waals surface area contributed by atoms with Crippen molar-refractivity contribution in [2.45, 2.75) is 51.0 Å². The smallest absolute Gasteiger partial charge is 0.251 e. The largest absolute Gasteiger partial charge is 0.349 e. The third-order valence-corrected chi connectivity index (χ3v) is 5.06. The van der Waals surface area contributed by atoms with E-state index in [9.17, 15) is 9.59 Å². The highest BCUT2D eigenvalue weighted by Gasteiger charge is 2.21. The summed E-state index contributed by atoms with van der Waals surface area (Å²) in [6, 6.07) is 7.51. The maximum absolute atomic E-state index is 12.3. The molecule has 0 spiro atoms. The number of rotatable bonds is 4. The molecule has 5 nitrogen and oxygen atoms in total. The van der Waals surface area contributed by atoms with Crippen molar-refractivity contribution in [2.24, 2.45) is 5.92 Å². The molecule has 1 saturated carbocycles. The predicted molar refractivity (Wildman–Crippen MR) is 95.0 cm³/mol. The topological polar surface area (TPSA) is 70.2 Å². The van der Waals surface area contributed by atoms with Gasteiger partial charge in [0.1, 0.15) is 0 Å². The maximum atomic E-state index is 12.3. The fraction of sp³-hybridized carbons (Fsp3) is 0.579. The minimum absolute atomic E-state index is 0.0156. The van der Waals surface area contributed by atoms with E-state index in [0.717, 1.165) is 44.5 Å². The van der Waals surface area contributed by atoms with Gasteiger partial charge in [0.05, 0.1) is 0 Å². The average Bonchev–Trinajstić information content (AvgIpc) is 2.64. The van der Waals surface area contributed by atoms with Gasteiger partial charge >= 0.3 is 0 Å². The summed E-state index contributed by atoms with van der Waals surface area (Å²) in [6.45, 7) is 1.80. The van der Waals surface area contributed by atoms with Crippen molar-refractivity contribution in [2.75, 3.05) is 18.4 Å². The van der Waals surface area contributed by atoms with E-state index in [-0.39, 0.29) is 17.7 Å². The standard InChI is InChI=1S/C19H27N3O2/c23-18(21-16-4-2-1-3-5-16)14-6-8-17(9-7-14)22-19(24)15-10-12-20-13-11-15/h6-9,15-16,20H,1-5,10-13H2,(H,21,23)(H,22,24). The van der Waals surface area contributed by atoms with Gasteiger partial charge in [0.2, 0.25) is 5.91 Å². The molecule has 1 saturated heterocycles. The fourth-order valence-electron chi connectivity index (χ4n) is 3.55. The van der Waals surface area contributed by atoms with Crippen molar-refractivity contribution in [1.82, 2.24) is 10.6 Å². The summed E-state index contributed by atoms with van der Waals surface area (Å²) < 4.78 is 0. The summed E-state index contributed by atoms with van der Waals surface area (Å²) in [5.74, 6) is 0.148. The highest BCUT2D eigenvalue weighted by molar-refractivity contribution is 5.96. The van der Waals surface area contributed by atoms with Crippen LogP contribution in [0.2, 0.25) is 0 Å². The first-order valence-corrected chi connectivity index (χ1v) is 9.15. The van der Waals surface area contributed by atoms with E-state index >= 15 is 0 Å². The second-order valence-electron chi connectivity index (χ2n) is 6.90. The Hall–Kier alpha value is -1.88. The van der Waals surface area contributed by atoms with Crippen molar-refractivity contribution in [3.8, 4) is 0 Å². The highest BCUT2D eigenvalue weighted by Crippen LogP contribution is 2.19. The van der Waals surface area contributed by atoms with Crippen LogP contribution in [-0.2, 0) is 4.79 Å². The monoisotopic (exact) mass is 329 g/mol. The van der Waals surface area contributed by atoms with Crippen molar-refractivity contribution in [1.29, 1.82) is 0 Å². The molecule has 5 heteroatoms. The molecule has 0 radical (unpaired) electrons. The van der Waals surface area contributed by atoms with Crippen LogP contribution in [0.5, 0.6) is 0 Å². The number of piperidine rings is 1. The minimum Gasteiger partial charge on any atom is -0.349 e. The molecule has 0 unspecified atom stereocenters. The van der Waals surface area contributed by atoms with Crippen LogP contribution in [0.3, 0.4) is 0 Å². The summed E-state index contributed by atoms with van der Waals surface area (Å²) in [5, 5.41) is 9.34. The van der Waals surface area contributed by atoms with Gasteiger partial charge in [-0.15, -0.1) is 0 Å². The van der Waals surface area contributed by atoms with Crippen molar-refractivity contribution >= 4 is 17.5 Å². The van der Waals surface area contributed by atoms with Gasteiger partial charge in [0, 0.05) is 23.2 Å². The van der Waals surface area contributed by atoms with Crippen LogP contribution in [0, 0.1) is 5.92 Å². The van der Waals surface area contributed by atoms with Gasteiger partial charge in [-0.3, -0.25) is 9.59 Å². The predicted octanol–water partition coefficient (Wildman–Crippen LogP) is 2.69. The second-order valence-corrected chi connectivity index (χ2v) is 6.90. The zero-order valence-corrected chi connectivity index (χ0v) is 14.1. The Morgan fingerprint density at radius 1 is 0.917 bits per heavy atom. The Kier molecular flexibility index (Phi) is 5.86. The fourth-order valence-corrected chi connectivity index (χ4v) is 3.55. The maximum Gasteiger partial charge on any atom is 0.251 e. The van der Waals surface area contributed by atoms with E-state index in [2.05, 4.69) is 16.0 Å². The van der Waals surface area contributed by atoms with Gasteiger partial charge in [0.15, 0.2) is 0 Å². The molecule has 0 aromatic heterocycles. The van der Waals surface area contributed by atoms with Gasteiger partial charge < -0.3 is 16.0 Å². The molecule has 2 aliphatic rings. The molecule has 3 N–H and O–H groups in total. The van der Waals surface area contributed by atoms with E-state index in [1.54, 1.807) is 12.1 Å². The molecule has 1 aromatic rings. The number of benzene rings is 1. The number of amides is 2. The molecule has 24 heavy (non-hydrogen) atoms. The molecule has 1 aromatic carbocycles. The van der Waals surface area contributed by atoms with E-state index in [1.807, 2.05) is 12.1 Å². The molecule has 1 aliphatic carbocycles. The lowest BCUT2D eigenvalue weighted by Crippen LogP contribution is -2.36. The van der Waals surface area contributed by atoms with Crippen LogP contribution in [-0.4, -0.2) is 30.9 Å². The minimum atomic E-state index is -0.0156. The Morgan fingerprint density at radius 3 is 2.25 bits per heavy atom. The van der Waals surface area contributed by atoms with E-state index in [1.165, 1.54) is 19.3 Å². The summed E-state index contributed by atoms with van der Waals surface area (Å²) in [5.41, 5.74) is 1.41. The number of carbonyl (C=O) groups excluding carboxylic acids is 2. The lowest BCUT2D eigenvalue weighted by Gasteiger charge is -2.23. The van der Waals surface area contributed by atoms with Crippen LogP contribution in [0.15, 0.2) is 24.3 Å². The summed E-state index contributed by atoms with van der Waals surface area (Å²) in [6.07, 6.45) is 7.60. The van der Waals surface area contributed by atoms with E-state index in [0.29, 0.717) is 11.6 Å². The first-order valence-electron chi connectivity index (χ1n) is 9.15. The Morgan fingerprint density at radius 2 is 1.58 bits per heavy atom. The molecule has 0 atom stereocenters. The molecule has 1 aliphatic heterocycles. The SMILES string of the molecule is O=C(NC1CCCCC1)c1ccc(NC(=O)C2CCNCC2)cc1. The quantitative estimate of drug-likeness (QED) is 0.795. The number of hydrogen-bond donors (Lipinski definition) is 3. The lowest BCUT2D eigenvalue weighted by atomic mass is 9.95. The molecule has 3 rings (SSSR count). The average molecular weight is 329 g/mol. The summed E-state index contributed by atoms with van der Waals surface area (Å²) in [7, 11) is 0. The van der Waals surface area contributed by atoms with E-state index in [4.69, 9.17) is 0 Å². The zero-order valence-electron chi connectivity index (χ0n) is 14.1. The van der Waals surface area contributed by atoms with Gasteiger partial charge in [-0.2, -0.15) is 0 Å². The van der Waals surface area contributed by atoms with E-state index < -0.39 is 0 Å².